The number of aliphatic hydroxyl groups is 1. The van der Waals surface area contributed by atoms with Gasteiger partial charge in [-0.1, -0.05) is 6.07 Å². The highest BCUT2D eigenvalue weighted by Crippen LogP contribution is 2.19. The third-order valence-corrected chi connectivity index (χ3v) is 1.90. The van der Waals surface area contributed by atoms with Crippen LogP contribution in [-0.2, 0) is 11.2 Å². The summed E-state index contributed by atoms with van der Waals surface area (Å²) in [6, 6.07) is 4.73. The number of aliphatic hydroxyl groups excluding tert-OH is 1. The van der Waals surface area contributed by atoms with Crippen molar-refractivity contribution in [1.82, 2.24) is 0 Å². The van der Waals surface area contributed by atoms with E-state index in [1.54, 1.807) is 12.1 Å². The Hall–Kier alpha value is -1.81. The molecule has 3 N–H and O–H groups in total. The molecular weight excluding hydrogens is 196 g/mol. The lowest BCUT2D eigenvalue weighted by molar-refractivity contribution is -0.131. The molecule has 0 unspecified atom stereocenters. The topological polar surface area (TPSA) is 77.8 Å². The van der Waals surface area contributed by atoms with Gasteiger partial charge in [-0.25, -0.2) is 4.79 Å². The van der Waals surface area contributed by atoms with Crippen LogP contribution in [-0.4, -0.2) is 27.9 Å². The number of carboxylic acid groups (broad SMARTS) is 1. The summed E-state index contributed by atoms with van der Waals surface area (Å²) in [5.41, 5.74) is 1.28. The molecule has 0 aliphatic rings. The van der Waals surface area contributed by atoms with E-state index in [9.17, 15) is 9.90 Å². The van der Waals surface area contributed by atoms with E-state index in [1.165, 1.54) is 12.1 Å². The maximum absolute atomic E-state index is 10.3. The van der Waals surface area contributed by atoms with Crippen LogP contribution < -0.4 is 0 Å². The molecule has 4 heteroatoms. The summed E-state index contributed by atoms with van der Waals surface area (Å²) in [6.45, 7) is -0.0559. The van der Waals surface area contributed by atoms with Gasteiger partial charge in [0.05, 0.1) is 0 Å². The van der Waals surface area contributed by atoms with Crippen molar-refractivity contribution >= 4 is 12.0 Å². The average molecular weight is 208 g/mol. The van der Waals surface area contributed by atoms with Crippen molar-refractivity contribution in [3.05, 3.63) is 35.4 Å². The molecule has 4 nitrogen and oxygen atoms in total. The van der Waals surface area contributed by atoms with Gasteiger partial charge in [-0.15, -0.1) is 0 Å². The van der Waals surface area contributed by atoms with Crippen LogP contribution in [0.3, 0.4) is 0 Å². The van der Waals surface area contributed by atoms with Gasteiger partial charge in [0, 0.05) is 12.7 Å². The van der Waals surface area contributed by atoms with E-state index in [1.807, 2.05) is 0 Å². The fraction of sp³-hybridized carbons (Fsp3) is 0.182. The summed E-state index contributed by atoms with van der Waals surface area (Å²) in [7, 11) is 0. The molecule has 0 saturated carbocycles. The highest BCUT2D eigenvalue weighted by molar-refractivity contribution is 5.85. The zero-order valence-electron chi connectivity index (χ0n) is 8.05. The quantitative estimate of drug-likeness (QED) is 0.646. The fourth-order valence-electron chi connectivity index (χ4n) is 1.20. The molecule has 0 bridgehead atoms. The monoisotopic (exact) mass is 208 g/mol. The Morgan fingerprint density at radius 1 is 1.40 bits per heavy atom. The SMILES string of the molecule is O=C(O)C=Cc1ccc(O)c(CCO)c1. The van der Waals surface area contributed by atoms with Crippen LogP contribution in [0, 0.1) is 0 Å². The first-order chi connectivity index (χ1) is 7.13. The summed E-state index contributed by atoms with van der Waals surface area (Å²) in [5, 5.41) is 26.5. The van der Waals surface area contributed by atoms with Crippen LogP contribution in [0.4, 0.5) is 0 Å². The molecule has 0 amide bonds. The minimum absolute atomic E-state index is 0.0559. The number of phenolic OH excluding ortho intramolecular Hbond substituents is 1. The molecule has 0 saturated heterocycles. The highest BCUT2D eigenvalue weighted by atomic mass is 16.4. The molecule has 0 aliphatic carbocycles. The number of phenols is 1. The first-order valence-electron chi connectivity index (χ1n) is 4.47. The molecule has 0 atom stereocenters. The Morgan fingerprint density at radius 2 is 2.13 bits per heavy atom. The zero-order chi connectivity index (χ0) is 11.3. The number of aliphatic carboxylic acids is 1. The molecule has 0 spiro atoms. The number of hydrogen-bond donors (Lipinski definition) is 3. The molecule has 0 heterocycles. The predicted molar refractivity (Wildman–Crippen MR) is 55.6 cm³/mol. The molecule has 0 radical (unpaired) electrons. The minimum Gasteiger partial charge on any atom is -0.508 e. The van der Waals surface area contributed by atoms with Crippen molar-refractivity contribution in [2.45, 2.75) is 6.42 Å². The predicted octanol–water partition coefficient (Wildman–Crippen LogP) is 1.02. The van der Waals surface area contributed by atoms with Gasteiger partial charge < -0.3 is 15.3 Å². The summed E-state index contributed by atoms with van der Waals surface area (Å²) >= 11 is 0. The molecule has 0 aromatic heterocycles. The number of aromatic hydroxyl groups is 1. The summed E-state index contributed by atoms with van der Waals surface area (Å²) in [6.07, 6.45) is 2.80. The van der Waals surface area contributed by atoms with Crippen LogP contribution >= 0.6 is 0 Å². The van der Waals surface area contributed by atoms with E-state index in [-0.39, 0.29) is 12.4 Å². The fourth-order valence-corrected chi connectivity index (χ4v) is 1.20. The van der Waals surface area contributed by atoms with Gasteiger partial charge in [0.2, 0.25) is 0 Å². The highest BCUT2D eigenvalue weighted by Gasteiger charge is 2.00. The number of rotatable bonds is 4. The van der Waals surface area contributed by atoms with Crippen molar-refractivity contribution in [3.63, 3.8) is 0 Å². The molecule has 0 aliphatic heterocycles. The van der Waals surface area contributed by atoms with Gasteiger partial charge in [-0.3, -0.25) is 0 Å². The lowest BCUT2D eigenvalue weighted by Gasteiger charge is -2.03. The second-order valence-electron chi connectivity index (χ2n) is 3.03. The van der Waals surface area contributed by atoms with Crippen LogP contribution in [0.2, 0.25) is 0 Å². The number of carboxylic acids is 1. The molecule has 80 valence electrons. The third-order valence-electron chi connectivity index (χ3n) is 1.90. The molecule has 1 rings (SSSR count). The molecule has 15 heavy (non-hydrogen) atoms. The van der Waals surface area contributed by atoms with E-state index < -0.39 is 5.97 Å². The Kier molecular flexibility index (Phi) is 3.88. The lowest BCUT2D eigenvalue weighted by atomic mass is 10.1. The van der Waals surface area contributed by atoms with Crippen molar-refractivity contribution in [2.75, 3.05) is 6.61 Å². The Labute approximate surface area is 87.1 Å². The Morgan fingerprint density at radius 3 is 2.73 bits per heavy atom. The largest absolute Gasteiger partial charge is 0.508 e. The van der Waals surface area contributed by atoms with Gasteiger partial charge in [0.15, 0.2) is 0 Å². The lowest BCUT2D eigenvalue weighted by Crippen LogP contribution is -1.92. The van der Waals surface area contributed by atoms with E-state index in [4.69, 9.17) is 10.2 Å². The van der Waals surface area contributed by atoms with Gasteiger partial charge >= 0.3 is 5.97 Å². The summed E-state index contributed by atoms with van der Waals surface area (Å²) in [5.74, 6) is -0.914. The van der Waals surface area contributed by atoms with Crippen LogP contribution in [0.25, 0.3) is 6.08 Å². The van der Waals surface area contributed by atoms with Crippen molar-refractivity contribution in [3.8, 4) is 5.75 Å². The van der Waals surface area contributed by atoms with Crippen molar-refractivity contribution in [2.24, 2.45) is 0 Å². The minimum atomic E-state index is -1.02. The van der Waals surface area contributed by atoms with Gasteiger partial charge in [-0.2, -0.15) is 0 Å². The molecule has 1 aromatic rings. The number of hydrogen-bond acceptors (Lipinski definition) is 3. The van der Waals surface area contributed by atoms with Crippen LogP contribution in [0.15, 0.2) is 24.3 Å². The normalized spacial score (nSPS) is 10.7. The smallest absolute Gasteiger partial charge is 0.328 e. The maximum Gasteiger partial charge on any atom is 0.328 e. The molecular formula is C11H12O4. The van der Waals surface area contributed by atoms with E-state index in [0.717, 1.165) is 6.08 Å². The third kappa shape index (κ3) is 3.44. The standard InChI is InChI=1S/C11H12O4/c12-6-5-9-7-8(1-3-10(9)13)2-4-11(14)15/h1-4,7,12-13H,5-6H2,(H,14,15). The summed E-state index contributed by atoms with van der Waals surface area (Å²) in [4.78, 5) is 10.3. The zero-order valence-corrected chi connectivity index (χ0v) is 8.05. The van der Waals surface area contributed by atoms with E-state index >= 15 is 0 Å². The first-order valence-corrected chi connectivity index (χ1v) is 4.47. The van der Waals surface area contributed by atoms with Crippen LogP contribution in [0.1, 0.15) is 11.1 Å². The Bertz CT molecular complexity index is 382. The summed E-state index contributed by atoms with van der Waals surface area (Å²) < 4.78 is 0. The van der Waals surface area contributed by atoms with Crippen molar-refractivity contribution < 1.29 is 20.1 Å². The first kappa shape index (κ1) is 11.3. The van der Waals surface area contributed by atoms with Gasteiger partial charge in [0.1, 0.15) is 5.75 Å². The second kappa shape index (κ2) is 5.17. The average Bonchev–Trinajstić information content (AvgIpc) is 2.19. The second-order valence-corrected chi connectivity index (χ2v) is 3.03. The molecule has 0 fully saturated rings. The van der Waals surface area contributed by atoms with E-state index in [0.29, 0.717) is 17.5 Å². The molecule has 1 aromatic carbocycles. The number of benzene rings is 1. The number of carbonyl (C=O) groups is 1. The maximum atomic E-state index is 10.3. The van der Waals surface area contributed by atoms with Gasteiger partial charge in [0.25, 0.3) is 0 Å². The van der Waals surface area contributed by atoms with Crippen molar-refractivity contribution in [1.29, 1.82) is 0 Å². The van der Waals surface area contributed by atoms with Crippen LogP contribution in [0.5, 0.6) is 5.75 Å². The van der Waals surface area contributed by atoms with Gasteiger partial charge in [-0.05, 0) is 35.8 Å². The Balaban J connectivity index is 2.91. The van der Waals surface area contributed by atoms with E-state index in [2.05, 4.69) is 0 Å².